The van der Waals surface area contributed by atoms with Crippen molar-refractivity contribution in [3.05, 3.63) is 36.0 Å². The highest BCUT2D eigenvalue weighted by Gasteiger charge is 2.30. The van der Waals surface area contributed by atoms with Crippen LogP contribution in [-0.2, 0) is 0 Å². The fourth-order valence-electron chi connectivity index (χ4n) is 1.37. The van der Waals surface area contributed by atoms with Crippen LogP contribution in [0, 0.1) is 0 Å². The quantitative estimate of drug-likeness (QED) is 0.815. The van der Waals surface area contributed by atoms with Gasteiger partial charge in [0.2, 0.25) is 0 Å². The van der Waals surface area contributed by atoms with Gasteiger partial charge in [0, 0.05) is 6.20 Å². The van der Waals surface area contributed by atoms with E-state index in [1.165, 1.54) is 12.1 Å². The summed E-state index contributed by atoms with van der Waals surface area (Å²) in [6.45, 7) is 0.621. The summed E-state index contributed by atoms with van der Waals surface area (Å²) in [4.78, 5) is 0. The van der Waals surface area contributed by atoms with Crippen LogP contribution in [0.3, 0.4) is 0 Å². The molecule has 0 spiro atoms. The Morgan fingerprint density at radius 1 is 1.12 bits per heavy atom. The van der Waals surface area contributed by atoms with Crippen molar-refractivity contribution in [2.24, 2.45) is 0 Å². The molecule has 1 heterocycles. The van der Waals surface area contributed by atoms with Crippen molar-refractivity contribution in [3.63, 3.8) is 0 Å². The second-order valence-electron chi connectivity index (χ2n) is 3.19. The van der Waals surface area contributed by atoms with Crippen LogP contribution < -0.4 is 15.4 Å². The zero-order valence-corrected chi connectivity index (χ0v) is 8.14. The molecule has 0 bridgehead atoms. The summed E-state index contributed by atoms with van der Waals surface area (Å²) in [5.74, 6) is -0.220. The van der Waals surface area contributed by atoms with E-state index in [-0.39, 0.29) is 5.75 Å². The third-order valence-corrected chi connectivity index (χ3v) is 2.03. The zero-order chi connectivity index (χ0) is 11.6. The lowest BCUT2D eigenvalue weighted by Crippen LogP contribution is -2.17. The summed E-state index contributed by atoms with van der Waals surface area (Å²) in [5.41, 5.74) is 1.65. The van der Waals surface area contributed by atoms with Gasteiger partial charge in [0.05, 0.1) is 12.4 Å². The molecule has 0 atom stereocenters. The van der Waals surface area contributed by atoms with E-state index < -0.39 is 6.36 Å². The Labute approximate surface area is 89.9 Å². The molecule has 6 heteroatoms. The van der Waals surface area contributed by atoms with Gasteiger partial charge in [-0.15, -0.1) is 13.2 Å². The van der Waals surface area contributed by atoms with E-state index in [1.807, 2.05) is 0 Å². The summed E-state index contributed by atoms with van der Waals surface area (Å²) in [6, 6.07) is 5.69. The first kappa shape index (κ1) is 10.7. The molecule has 1 aromatic rings. The Bertz CT molecular complexity index is 398. The molecule has 0 aliphatic carbocycles. The molecule has 0 saturated heterocycles. The number of hydrogen-bond donors (Lipinski definition) is 2. The van der Waals surface area contributed by atoms with Crippen LogP contribution in [0.1, 0.15) is 5.56 Å². The maximum atomic E-state index is 11.9. The number of alkyl halides is 3. The first-order chi connectivity index (χ1) is 7.54. The normalized spacial score (nSPS) is 15.1. The average molecular weight is 230 g/mol. The molecule has 0 saturated carbocycles. The second-order valence-corrected chi connectivity index (χ2v) is 3.19. The van der Waals surface area contributed by atoms with Crippen LogP contribution in [0.15, 0.2) is 30.5 Å². The van der Waals surface area contributed by atoms with Crippen LogP contribution in [0.4, 0.5) is 13.2 Å². The minimum atomic E-state index is -4.64. The van der Waals surface area contributed by atoms with Crippen molar-refractivity contribution >= 4 is 5.70 Å². The van der Waals surface area contributed by atoms with Crippen molar-refractivity contribution < 1.29 is 17.9 Å². The van der Waals surface area contributed by atoms with Gasteiger partial charge in [0.25, 0.3) is 0 Å². The van der Waals surface area contributed by atoms with E-state index in [0.717, 1.165) is 11.3 Å². The van der Waals surface area contributed by atoms with Gasteiger partial charge in [0.1, 0.15) is 5.75 Å². The van der Waals surface area contributed by atoms with Crippen LogP contribution in [0.2, 0.25) is 0 Å². The van der Waals surface area contributed by atoms with Gasteiger partial charge in [-0.05, 0) is 29.8 Å². The molecule has 86 valence electrons. The summed E-state index contributed by atoms with van der Waals surface area (Å²) >= 11 is 0. The van der Waals surface area contributed by atoms with Gasteiger partial charge < -0.3 is 15.4 Å². The molecule has 1 aliphatic heterocycles. The number of hydrogen-bond acceptors (Lipinski definition) is 3. The lowest BCUT2D eigenvalue weighted by molar-refractivity contribution is -0.274. The van der Waals surface area contributed by atoms with Gasteiger partial charge in [-0.25, -0.2) is 0 Å². The SMILES string of the molecule is FC(F)(F)Oc1ccc(C2=CNCN2)cc1. The maximum Gasteiger partial charge on any atom is 0.573 e. The highest BCUT2D eigenvalue weighted by atomic mass is 19.4. The fraction of sp³-hybridized carbons (Fsp3) is 0.200. The van der Waals surface area contributed by atoms with E-state index in [0.29, 0.717) is 6.67 Å². The summed E-state index contributed by atoms with van der Waals surface area (Å²) in [5, 5.41) is 5.97. The maximum absolute atomic E-state index is 11.9. The van der Waals surface area contributed by atoms with Crippen molar-refractivity contribution in [3.8, 4) is 5.75 Å². The monoisotopic (exact) mass is 230 g/mol. The zero-order valence-electron chi connectivity index (χ0n) is 8.14. The minimum Gasteiger partial charge on any atom is -0.406 e. The van der Waals surface area contributed by atoms with Crippen molar-refractivity contribution in [2.45, 2.75) is 6.36 Å². The first-order valence-corrected chi connectivity index (χ1v) is 4.58. The van der Waals surface area contributed by atoms with Crippen molar-refractivity contribution in [2.75, 3.05) is 6.67 Å². The number of halogens is 3. The Morgan fingerprint density at radius 2 is 1.81 bits per heavy atom. The molecule has 0 fully saturated rings. The Morgan fingerprint density at radius 3 is 2.31 bits per heavy atom. The predicted molar refractivity (Wildman–Crippen MR) is 52.2 cm³/mol. The van der Waals surface area contributed by atoms with Crippen LogP contribution >= 0.6 is 0 Å². The lowest BCUT2D eigenvalue weighted by atomic mass is 10.1. The molecule has 1 aromatic carbocycles. The summed E-state index contributed by atoms with van der Waals surface area (Å²) in [6.07, 6.45) is -2.88. The molecule has 0 aromatic heterocycles. The molecule has 16 heavy (non-hydrogen) atoms. The molecule has 2 N–H and O–H groups in total. The van der Waals surface area contributed by atoms with E-state index in [2.05, 4.69) is 15.4 Å². The topological polar surface area (TPSA) is 33.3 Å². The first-order valence-electron chi connectivity index (χ1n) is 4.58. The molecule has 1 aliphatic rings. The molecular weight excluding hydrogens is 221 g/mol. The van der Waals surface area contributed by atoms with Gasteiger partial charge >= 0.3 is 6.36 Å². The number of ether oxygens (including phenoxy) is 1. The van der Waals surface area contributed by atoms with E-state index in [9.17, 15) is 13.2 Å². The summed E-state index contributed by atoms with van der Waals surface area (Å²) in [7, 11) is 0. The third kappa shape index (κ3) is 2.59. The number of rotatable bonds is 2. The highest BCUT2D eigenvalue weighted by Crippen LogP contribution is 2.24. The van der Waals surface area contributed by atoms with Gasteiger partial charge in [-0.2, -0.15) is 0 Å². The van der Waals surface area contributed by atoms with E-state index in [4.69, 9.17) is 0 Å². The molecular formula is C10H9F3N2O. The highest BCUT2D eigenvalue weighted by molar-refractivity contribution is 5.65. The third-order valence-electron chi connectivity index (χ3n) is 2.03. The number of nitrogens with one attached hydrogen (secondary N) is 2. The van der Waals surface area contributed by atoms with Gasteiger partial charge in [0.15, 0.2) is 0 Å². The molecule has 2 rings (SSSR count). The van der Waals surface area contributed by atoms with Crippen LogP contribution in [-0.4, -0.2) is 13.0 Å². The molecule has 0 unspecified atom stereocenters. The predicted octanol–water partition coefficient (Wildman–Crippen LogP) is 2.03. The smallest absolute Gasteiger partial charge is 0.406 e. The van der Waals surface area contributed by atoms with E-state index in [1.54, 1.807) is 18.3 Å². The average Bonchev–Trinajstić information content (AvgIpc) is 2.69. The van der Waals surface area contributed by atoms with Crippen LogP contribution in [0.5, 0.6) is 5.75 Å². The molecule has 0 amide bonds. The van der Waals surface area contributed by atoms with Gasteiger partial charge in [-0.1, -0.05) is 0 Å². The second kappa shape index (κ2) is 3.96. The minimum absolute atomic E-state index is 0.220. The largest absolute Gasteiger partial charge is 0.573 e. The Hall–Kier alpha value is -1.85. The van der Waals surface area contributed by atoms with Gasteiger partial charge in [-0.3, -0.25) is 0 Å². The summed E-state index contributed by atoms with van der Waals surface area (Å²) < 4.78 is 39.4. The molecule has 3 nitrogen and oxygen atoms in total. The van der Waals surface area contributed by atoms with Crippen molar-refractivity contribution in [1.82, 2.24) is 10.6 Å². The standard InChI is InChI=1S/C10H9F3N2O/c11-10(12,13)16-8-3-1-7(2-4-8)9-5-14-6-15-9/h1-5,14-15H,6H2. The Kier molecular flexibility index (Phi) is 2.64. The lowest BCUT2D eigenvalue weighted by Gasteiger charge is -2.09. The fourth-order valence-corrected chi connectivity index (χ4v) is 1.37. The van der Waals surface area contributed by atoms with E-state index >= 15 is 0 Å². The Balaban J connectivity index is 2.10. The van der Waals surface area contributed by atoms with Crippen LogP contribution in [0.25, 0.3) is 5.70 Å². The molecule has 0 radical (unpaired) electrons. The number of benzene rings is 1. The van der Waals surface area contributed by atoms with Crippen molar-refractivity contribution in [1.29, 1.82) is 0 Å².